The third-order valence-electron chi connectivity index (χ3n) is 4.03. The summed E-state index contributed by atoms with van der Waals surface area (Å²) < 4.78 is 5.26. The Kier molecular flexibility index (Phi) is 2.98. The molecule has 2 fully saturated rings. The van der Waals surface area contributed by atoms with Crippen LogP contribution < -0.4 is 5.32 Å². The van der Waals surface area contributed by atoms with Crippen molar-refractivity contribution in [1.82, 2.24) is 10.2 Å². The maximum Gasteiger partial charge on any atom is 0.0950 e. The molecule has 1 aliphatic carbocycles. The van der Waals surface area contributed by atoms with Crippen LogP contribution in [0.3, 0.4) is 0 Å². The molecule has 0 radical (unpaired) electrons. The molecule has 2 aliphatic rings. The molecule has 3 heteroatoms. The molecular formula is C13H20N2O. The van der Waals surface area contributed by atoms with E-state index in [0.717, 1.165) is 19.0 Å². The van der Waals surface area contributed by atoms with Crippen molar-refractivity contribution in [1.29, 1.82) is 0 Å². The summed E-state index contributed by atoms with van der Waals surface area (Å²) in [6.07, 6.45) is 7.93. The van der Waals surface area contributed by atoms with Gasteiger partial charge in [-0.1, -0.05) is 6.42 Å². The van der Waals surface area contributed by atoms with Crippen LogP contribution in [0.2, 0.25) is 0 Å². The van der Waals surface area contributed by atoms with Gasteiger partial charge in [-0.2, -0.15) is 0 Å². The molecule has 0 unspecified atom stereocenters. The molecular weight excluding hydrogens is 200 g/mol. The highest BCUT2D eigenvalue weighted by Crippen LogP contribution is 2.41. The number of hydrogen-bond acceptors (Lipinski definition) is 3. The molecule has 2 heterocycles. The lowest BCUT2D eigenvalue weighted by molar-refractivity contribution is 0.0833. The lowest BCUT2D eigenvalue weighted by Gasteiger charge is -2.42. The van der Waals surface area contributed by atoms with Gasteiger partial charge in [-0.05, 0) is 24.8 Å². The monoisotopic (exact) mass is 220 g/mol. The minimum absolute atomic E-state index is 0.606. The third kappa shape index (κ3) is 1.89. The van der Waals surface area contributed by atoms with Gasteiger partial charge in [0.2, 0.25) is 0 Å². The molecule has 1 N–H and O–H groups in total. The van der Waals surface area contributed by atoms with E-state index in [4.69, 9.17) is 4.42 Å². The molecule has 0 amide bonds. The number of nitrogens with one attached hydrogen (secondary N) is 1. The topological polar surface area (TPSA) is 28.4 Å². The second kappa shape index (κ2) is 4.60. The van der Waals surface area contributed by atoms with E-state index in [2.05, 4.69) is 16.3 Å². The minimum Gasteiger partial charge on any atom is -0.472 e. The van der Waals surface area contributed by atoms with Crippen molar-refractivity contribution in [3.05, 3.63) is 24.2 Å². The van der Waals surface area contributed by atoms with E-state index in [1.54, 1.807) is 0 Å². The van der Waals surface area contributed by atoms with Crippen LogP contribution >= 0.6 is 0 Å². The minimum atomic E-state index is 0.606. The van der Waals surface area contributed by atoms with Gasteiger partial charge in [0.1, 0.15) is 0 Å². The predicted molar refractivity (Wildman–Crippen MR) is 63.2 cm³/mol. The highest BCUT2D eigenvalue weighted by Gasteiger charge is 2.33. The first-order chi connectivity index (χ1) is 7.95. The van der Waals surface area contributed by atoms with Crippen LogP contribution in [0.1, 0.15) is 30.9 Å². The van der Waals surface area contributed by atoms with Crippen molar-refractivity contribution in [2.45, 2.75) is 25.3 Å². The highest BCUT2D eigenvalue weighted by molar-refractivity contribution is 5.14. The number of piperazine rings is 1. The van der Waals surface area contributed by atoms with Crippen LogP contribution in [0.25, 0.3) is 0 Å². The van der Waals surface area contributed by atoms with E-state index in [0.29, 0.717) is 6.04 Å². The first kappa shape index (κ1) is 10.4. The summed E-state index contributed by atoms with van der Waals surface area (Å²) in [5, 5.41) is 3.42. The predicted octanol–water partition coefficient (Wildman–Crippen LogP) is 2.03. The Labute approximate surface area is 96.8 Å². The Bertz CT molecular complexity index is 313. The Balaban J connectivity index is 1.77. The number of rotatable bonds is 3. The molecule has 0 bridgehead atoms. The molecule has 1 aromatic heterocycles. The van der Waals surface area contributed by atoms with Gasteiger partial charge in [0.25, 0.3) is 0 Å². The Morgan fingerprint density at radius 2 is 2.12 bits per heavy atom. The van der Waals surface area contributed by atoms with Gasteiger partial charge in [0.05, 0.1) is 12.5 Å². The fourth-order valence-electron chi connectivity index (χ4n) is 2.94. The molecule has 1 aliphatic heterocycles. The van der Waals surface area contributed by atoms with E-state index in [1.165, 1.54) is 37.9 Å². The molecule has 1 saturated carbocycles. The molecule has 3 rings (SSSR count). The van der Waals surface area contributed by atoms with E-state index in [9.17, 15) is 0 Å². The molecule has 0 aromatic carbocycles. The van der Waals surface area contributed by atoms with E-state index in [-0.39, 0.29) is 0 Å². The third-order valence-corrected chi connectivity index (χ3v) is 4.03. The largest absolute Gasteiger partial charge is 0.472 e. The van der Waals surface area contributed by atoms with Crippen molar-refractivity contribution >= 4 is 0 Å². The van der Waals surface area contributed by atoms with Crippen LogP contribution in [0.15, 0.2) is 23.0 Å². The van der Waals surface area contributed by atoms with Gasteiger partial charge in [0.15, 0.2) is 0 Å². The fraction of sp³-hybridized carbons (Fsp3) is 0.692. The second-order valence-corrected chi connectivity index (χ2v) is 4.98. The average molecular weight is 220 g/mol. The van der Waals surface area contributed by atoms with Crippen LogP contribution in [-0.4, -0.2) is 31.1 Å². The summed E-state index contributed by atoms with van der Waals surface area (Å²) in [6, 6.07) is 2.75. The maximum atomic E-state index is 5.26. The standard InChI is InChI=1S/C13H20N2O/c1-2-11(3-1)13(12-4-9-16-10-12)15-7-5-14-6-8-15/h4,9-11,13-14H,1-3,5-8H2/t13-/m1/s1. The zero-order valence-electron chi connectivity index (χ0n) is 9.69. The molecule has 3 nitrogen and oxygen atoms in total. The number of furan rings is 1. The number of nitrogens with zero attached hydrogens (tertiary/aromatic N) is 1. The average Bonchev–Trinajstić information content (AvgIpc) is 2.77. The SMILES string of the molecule is c1cc([C@@H](C2CCC2)N2CCNCC2)co1. The molecule has 16 heavy (non-hydrogen) atoms. The second-order valence-electron chi connectivity index (χ2n) is 4.98. The van der Waals surface area contributed by atoms with Crippen molar-refractivity contribution in [2.24, 2.45) is 5.92 Å². The number of hydrogen-bond donors (Lipinski definition) is 1. The van der Waals surface area contributed by atoms with Gasteiger partial charge in [-0.15, -0.1) is 0 Å². The van der Waals surface area contributed by atoms with Crippen LogP contribution in [0.5, 0.6) is 0 Å². The quantitative estimate of drug-likeness (QED) is 0.845. The summed E-state index contributed by atoms with van der Waals surface area (Å²) in [6.45, 7) is 4.60. The van der Waals surface area contributed by atoms with E-state index in [1.807, 2.05) is 12.5 Å². The molecule has 1 atom stereocenters. The van der Waals surface area contributed by atoms with Crippen molar-refractivity contribution in [2.75, 3.05) is 26.2 Å². The maximum absolute atomic E-state index is 5.26. The molecule has 1 saturated heterocycles. The molecule has 1 aromatic rings. The summed E-state index contributed by atoms with van der Waals surface area (Å²) in [5.74, 6) is 0.857. The fourth-order valence-corrected chi connectivity index (χ4v) is 2.94. The first-order valence-corrected chi connectivity index (χ1v) is 6.42. The molecule has 88 valence electrons. The van der Waals surface area contributed by atoms with Crippen LogP contribution in [-0.2, 0) is 0 Å². The van der Waals surface area contributed by atoms with Gasteiger partial charge < -0.3 is 9.73 Å². The lowest BCUT2D eigenvalue weighted by Crippen LogP contribution is -2.47. The summed E-state index contributed by atoms with van der Waals surface area (Å²) >= 11 is 0. The highest BCUT2D eigenvalue weighted by atomic mass is 16.3. The van der Waals surface area contributed by atoms with Gasteiger partial charge in [-0.3, -0.25) is 4.90 Å². The first-order valence-electron chi connectivity index (χ1n) is 6.42. The Hall–Kier alpha value is -0.800. The zero-order valence-corrected chi connectivity index (χ0v) is 9.69. The summed E-state index contributed by atoms with van der Waals surface area (Å²) in [5.41, 5.74) is 1.38. The van der Waals surface area contributed by atoms with E-state index < -0.39 is 0 Å². The van der Waals surface area contributed by atoms with Crippen molar-refractivity contribution < 1.29 is 4.42 Å². The summed E-state index contributed by atoms with van der Waals surface area (Å²) in [7, 11) is 0. The normalized spacial score (nSPS) is 25.2. The van der Waals surface area contributed by atoms with Gasteiger partial charge >= 0.3 is 0 Å². The molecule has 0 spiro atoms. The van der Waals surface area contributed by atoms with Gasteiger partial charge in [0, 0.05) is 37.8 Å². The van der Waals surface area contributed by atoms with Crippen molar-refractivity contribution in [3.8, 4) is 0 Å². The zero-order chi connectivity index (χ0) is 10.8. The van der Waals surface area contributed by atoms with Gasteiger partial charge in [-0.25, -0.2) is 0 Å². The lowest BCUT2D eigenvalue weighted by atomic mass is 9.77. The van der Waals surface area contributed by atoms with Crippen LogP contribution in [0, 0.1) is 5.92 Å². The Morgan fingerprint density at radius 3 is 2.69 bits per heavy atom. The van der Waals surface area contributed by atoms with E-state index >= 15 is 0 Å². The van der Waals surface area contributed by atoms with Crippen molar-refractivity contribution in [3.63, 3.8) is 0 Å². The van der Waals surface area contributed by atoms with Crippen LogP contribution in [0.4, 0.5) is 0 Å². The summed E-state index contributed by atoms with van der Waals surface area (Å²) in [4.78, 5) is 2.63. The Morgan fingerprint density at radius 1 is 1.31 bits per heavy atom. The smallest absolute Gasteiger partial charge is 0.0950 e.